The lowest BCUT2D eigenvalue weighted by Crippen LogP contribution is -2.54. The van der Waals surface area contributed by atoms with Crippen molar-refractivity contribution in [2.75, 3.05) is 6.54 Å². The van der Waals surface area contributed by atoms with Crippen molar-refractivity contribution in [3.8, 4) is 0 Å². The van der Waals surface area contributed by atoms with Gasteiger partial charge in [-0.2, -0.15) is 0 Å². The van der Waals surface area contributed by atoms with Crippen molar-refractivity contribution in [3.63, 3.8) is 0 Å². The normalized spacial score (nSPS) is 22.3. The van der Waals surface area contributed by atoms with Gasteiger partial charge in [0.15, 0.2) is 0 Å². The van der Waals surface area contributed by atoms with Gasteiger partial charge >= 0.3 is 6.03 Å². The van der Waals surface area contributed by atoms with Crippen LogP contribution in [0.1, 0.15) is 58.8 Å². The molecule has 2 N–H and O–H groups in total. The van der Waals surface area contributed by atoms with Crippen LogP contribution in [0.25, 0.3) is 0 Å². The van der Waals surface area contributed by atoms with Gasteiger partial charge in [-0.25, -0.2) is 4.79 Å². The molecule has 118 valence electrons. The molecule has 1 spiro atoms. The minimum Gasteiger partial charge on any atom is -0.352 e. The first kappa shape index (κ1) is 15.8. The van der Waals surface area contributed by atoms with Crippen LogP contribution in [0.5, 0.6) is 0 Å². The van der Waals surface area contributed by atoms with Crippen LogP contribution in [-0.2, 0) is 9.59 Å². The maximum absolute atomic E-state index is 12.2. The van der Waals surface area contributed by atoms with E-state index in [-0.39, 0.29) is 24.4 Å². The Morgan fingerprint density at radius 3 is 2.62 bits per heavy atom. The summed E-state index contributed by atoms with van der Waals surface area (Å²) in [4.78, 5) is 37.8. The highest BCUT2D eigenvalue weighted by atomic mass is 16.2. The third-order valence-electron chi connectivity index (χ3n) is 4.52. The third-order valence-corrected chi connectivity index (χ3v) is 4.52. The number of rotatable bonds is 5. The van der Waals surface area contributed by atoms with Crippen molar-refractivity contribution < 1.29 is 14.4 Å². The summed E-state index contributed by atoms with van der Waals surface area (Å²) >= 11 is 0. The van der Waals surface area contributed by atoms with Crippen LogP contribution in [0.3, 0.4) is 0 Å². The summed E-state index contributed by atoms with van der Waals surface area (Å²) in [5, 5.41) is 5.27. The molecule has 1 heterocycles. The van der Waals surface area contributed by atoms with Gasteiger partial charge in [0.05, 0.1) is 0 Å². The third kappa shape index (κ3) is 3.19. The molecule has 1 saturated carbocycles. The van der Waals surface area contributed by atoms with Gasteiger partial charge in [0.1, 0.15) is 12.1 Å². The van der Waals surface area contributed by atoms with Gasteiger partial charge in [-0.05, 0) is 26.2 Å². The summed E-state index contributed by atoms with van der Waals surface area (Å²) < 4.78 is 0. The second kappa shape index (κ2) is 6.45. The summed E-state index contributed by atoms with van der Waals surface area (Å²) in [6, 6.07) is -0.341. The molecule has 0 bridgehead atoms. The smallest absolute Gasteiger partial charge is 0.325 e. The summed E-state index contributed by atoms with van der Waals surface area (Å²) in [6.07, 6.45) is 6.13. The average molecular weight is 295 g/mol. The van der Waals surface area contributed by atoms with E-state index in [1.54, 1.807) is 0 Å². The molecule has 0 aromatic carbocycles. The summed E-state index contributed by atoms with van der Waals surface area (Å²) in [5.74, 6) is -0.424. The van der Waals surface area contributed by atoms with Crippen LogP contribution in [0.4, 0.5) is 4.79 Å². The van der Waals surface area contributed by atoms with Crippen molar-refractivity contribution in [1.82, 2.24) is 15.5 Å². The Morgan fingerprint density at radius 1 is 1.33 bits per heavy atom. The fraction of sp³-hybridized carbons (Fsp3) is 0.800. The molecule has 1 aliphatic carbocycles. The highest BCUT2D eigenvalue weighted by molar-refractivity contribution is 6.08. The minimum atomic E-state index is -0.791. The lowest BCUT2D eigenvalue weighted by atomic mass is 9.80. The van der Waals surface area contributed by atoms with Crippen LogP contribution < -0.4 is 10.6 Å². The van der Waals surface area contributed by atoms with E-state index < -0.39 is 11.6 Å². The molecule has 1 atom stereocenters. The summed E-state index contributed by atoms with van der Waals surface area (Å²) in [6.45, 7) is 3.98. The van der Waals surface area contributed by atoms with Gasteiger partial charge < -0.3 is 10.2 Å². The summed E-state index contributed by atoms with van der Waals surface area (Å²) in [5.41, 5.74) is -0.791. The largest absolute Gasteiger partial charge is 0.352 e. The minimum absolute atomic E-state index is 0.0361. The SMILES string of the molecule is CCCC(C)NC(=O)CN1C(=O)NC(=O)C12CCCCC2. The molecule has 6 nitrogen and oxygen atoms in total. The number of imide groups is 1. The van der Waals surface area contributed by atoms with E-state index in [0.29, 0.717) is 12.8 Å². The van der Waals surface area contributed by atoms with Gasteiger partial charge in [0.25, 0.3) is 5.91 Å². The Labute approximate surface area is 125 Å². The summed E-state index contributed by atoms with van der Waals surface area (Å²) in [7, 11) is 0. The van der Waals surface area contributed by atoms with Crippen molar-refractivity contribution in [1.29, 1.82) is 0 Å². The zero-order chi connectivity index (χ0) is 15.5. The number of amides is 4. The van der Waals surface area contributed by atoms with Crippen molar-refractivity contribution in [2.24, 2.45) is 0 Å². The highest BCUT2D eigenvalue weighted by Crippen LogP contribution is 2.36. The van der Waals surface area contributed by atoms with E-state index in [1.807, 2.05) is 6.92 Å². The predicted octanol–water partition coefficient (Wildman–Crippen LogP) is 1.55. The van der Waals surface area contributed by atoms with Crippen LogP contribution in [0, 0.1) is 0 Å². The van der Waals surface area contributed by atoms with Crippen molar-refractivity contribution in [3.05, 3.63) is 0 Å². The molecule has 0 aromatic rings. The Balaban J connectivity index is 2.04. The topological polar surface area (TPSA) is 78.5 Å². The number of hydrogen-bond donors (Lipinski definition) is 2. The second-order valence-electron chi connectivity index (χ2n) is 6.19. The number of urea groups is 1. The quantitative estimate of drug-likeness (QED) is 0.755. The standard InChI is InChI=1S/C15H25N3O3/c1-3-7-11(2)16-12(19)10-18-14(21)17-13(20)15(18)8-5-4-6-9-15/h11H,3-10H2,1-2H3,(H,16,19)(H,17,20,21). The number of carbonyl (C=O) groups excluding carboxylic acids is 3. The molecule has 0 aromatic heterocycles. The molecule has 2 aliphatic rings. The maximum atomic E-state index is 12.2. The molecule has 21 heavy (non-hydrogen) atoms. The molecule has 1 unspecified atom stereocenters. The van der Waals surface area contributed by atoms with Gasteiger partial charge in [-0.1, -0.05) is 32.6 Å². The van der Waals surface area contributed by atoms with Crippen LogP contribution in [0.15, 0.2) is 0 Å². The van der Waals surface area contributed by atoms with E-state index in [9.17, 15) is 14.4 Å². The van der Waals surface area contributed by atoms with Crippen molar-refractivity contribution >= 4 is 17.8 Å². The fourth-order valence-corrected chi connectivity index (χ4v) is 3.42. The lowest BCUT2D eigenvalue weighted by molar-refractivity contribution is -0.130. The van der Waals surface area contributed by atoms with E-state index >= 15 is 0 Å². The zero-order valence-corrected chi connectivity index (χ0v) is 12.9. The molecule has 6 heteroatoms. The Morgan fingerprint density at radius 2 is 2.00 bits per heavy atom. The molecule has 2 fully saturated rings. The molecule has 2 rings (SSSR count). The first-order chi connectivity index (χ1) is 9.99. The fourth-order valence-electron chi connectivity index (χ4n) is 3.42. The molecular weight excluding hydrogens is 270 g/mol. The number of nitrogens with one attached hydrogen (secondary N) is 2. The van der Waals surface area contributed by atoms with Gasteiger partial charge in [-0.15, -0.1) is 0 Å². The monoisotopic (exact) mass is 295 g/mol. The number of nitrogens with zero attached hydrogens (tertiary/aromatic N) is 1. The van der Waals surface area contributed by atoms with Gasteiger partial charge in [-0.3, -0.25) is 14.9 Å². The van der Waals surface area contributed by atoms with E-state index in [1.165, 1.54) is 4.90 Å². The zero-order valence-electron chi connectivity index (χ0n) is 12.9. The Kier molecular flexibility index (Phi) is 4.85. The van der Waals surface area contributed by atoms with Gasteiger partial charge in [0, 0.05) is 6.04 Å². The molecule has 1 saturated heterocycles. The maximum Gasteiger partial charge on any atom is 0.325 e. The molecule has 4 amide bonds. The second-order valence-corrected chi connectivity index (χ2v) is 6.19. The van der Waals surface area contributed by atoms with Crippen LogP contribution >= 0.6 is 0 Å². The molecule has 1 aliphatic heterocycles. The first-order valence-electron chi connectivity index (χ1n) is 7.92. The van der Waals surface area contributed by atoms with E-state index in [2.05, 4.69) is 17.6 Å². The van der Waals surface area contributed by atoms with Crippen molar-refractivity contribution in [2.45, 2.75) is 70.4 Å². The number of carbonyl (C=O) groups is 3. The number of hydrogen-bond acceptors (Lipinski definition) is 3. The van der Waals surface area contributed by atoms with Gasteiger partial charge in [0.2, 0.25) is 5.91 Å². The molecule has 0 radical (unpaired) electrons. The first-order valence-corrected chi connectivity index (χ1v) is 7.92. The Bertz CT molecular complexity index is 430. The Hall–Kier alpha value is -1.59. The lowest BCUT2D eigenvalue weighted by Gasteiger charge is -2.37. The average Bonchev–Trinajstić information content (AvgIpc) is 2.64. The van der Waals surface area contributed by atoms with E-state index in [0.717, 1.165) is 32.1 Å². The van der Waals surface area contributed by atoms with Crippen LogP contribution in [0.2, 0.25) is 0 Å². The van der Waals surface area contributed by atoms with Crippen LogP contribution in [-0.4, -0.2) is 40.9 Å². The predicted molar refractivity (Wildman–Crippen MR) is 78.6 cm³/mol. The molecular formula is C15H25N3O3. The van der Waals surface area contributed by atoms with E-state index in [4.69, 9.17) is 0 Å². The highest BCUT2D eigenvalue weighted by Gasteiger charge is 2.53.